The number of halogens is 1. The molecule has 7 nitrogen and oxygen atoms in total. The first-order chi connectivity index (χ1) is 15.2. The molecular formula is C23H21FN2O5S. The number of nitrogens with two attached hydrogens (primary N) is 1. The largest absolute Gasteiger partial charge is 0.488 e. The van der Waals surface area contributed by atoms with Gasteiger partial charge in [-0.05, 0) is 46.4 Å². The molecule has 1 aliphatic carbocycles. The predicted molar refractivity (Wildman–Crippen MR) is 118 cm³/mol. The van der Waals surface area contributed by atoms with Crippen molar-refractivity contribution in [2.75, 3.05) is 12.3 Å². The van der Waals surface area contributed by atoms with Gasteiger partial charge in [0.1, 0.15) is 6.61 Å². The van der Waals surface area contributed by atoms with E-state index in [1.165, 1.54) is 19.1 Å². The van der Waals surface area contributed by atoms with Crippen molar-refractivity contribution in [1.29, 1.82) is 0 Å². The van der Waals surface area contributed by atoms with Crippen LogP contribution in [-0.4, -0.2) is 21.1 Å². The molecule has 3 aromatic carbocycles. The van der Waals surface area contributed by atoms with E-state index in [-0.39, 0.29) is 30.5 Å². The number of carbonyl (C=O) groups excluding carboxylic acids is 1. The zero-order valence-corrected chi connectivity index (χ0v) is 18.0. The topological polar surface area (TPSA) is 108 Å². The maximum atomic E-state index is 12.9. The molecule has 0 fully saturated rings. The molecule has 0 bridgehead atoms. The summed E-state index contributed by atoms with van der Waals surface area (Å²) in [5, 5.41) is 2.61. The summed E-state index contributed by atoms with van der Waals surface area (Å²) in [4.78, 5) is 12.4. The number of ether oxygens (including phenoxy) is 1. The SMILES string of the molecule is Cc1c(CNC(=O)OCC2c3ccccc3-c3ccccc32)cc(N)cc1OS(=O)(=O)F. The fourth-order valence-corrected chi connectivity index (χ4v) is 4.35. The Morgan fingerprint density at radius 3 is 2.25 bits per heavy atom. The van der Waals surface area contributed by atoms with E-state index in [0.717, 1.165) is 22.3 Å². The third kappa shape index (κ3) is 4.52. The van der Waals surface area contributed by atoms with Crippen molar-refractivity contribution < 1.29 is 26.0 Å². The molecular weight excluding hydrogens is 435 g/mol. The van der Waals surface area contributed by atoms with E-state index >= 15 is 0 Å². The van der Waals surface area contributed by atoms with E-state index in [0.29, 0.717) is 11.1 Å². The molecule has 166 valence electrons. The number of benzene rings is 3. The van der Waals surface area contributed by atoms with Crippen LogP contribution >= 0.6 is 0 Å². The lowest BCUT2D eigenvalue weighted by Gasteiger charge is -2.15. The minimum atomic E-state index is -5.20. The number of hydrogen-bond donors (Lipinski definition) is 2. The summed E-state index contributed by atoms with van der Waals surface area (Å²) in [6, 6.07) is 18.8. The van der Waals surface area contributed by atoms with Crippen LogP contribution in [0.2, 0.25) is 0 Å². The molecule has 0 aromatic heterocycles. The average Bonchev–Trinajstić information content (AvgIpc) is 3.06. The molecule has 0 saturated carbocycles. The zero-order valence-electron chi connectivity index (χ0n) is 17.2. The smallest absolute Gasteiger partial charge is 0.449 e. The van der Waals surface area contributed by atoms with Gasteiger partial charge in [-0.25, -0.2) is 4.79 Å². The Labute approximate surface area is 185 Å². The Morgan fingerprint density at radius 2 is 1.66 bits per heavy atom. The Hall–Kier alpha value is -3.59. The van der Waals surface area contributed by atoms with Gasteiger partial charge in [-0.3, -0.25) is 0 Å². The molecule has 0 aliphatic heterocycles. The molecule has 3 N–H and O–H groups in total. The van der Waals surface area contributed by atoms with E-state index in [1.807, 2.05) is 48.5 Å². The fourth-order valence-electron chi connectivity index (χ4n) is 3.96. The maximum Gasteiger partial charge on any atom is 0.488 e. The number of carbonyl (C=O) groups is 1. The number of nitrogens with one attached hydrogen (secondary N) is 1. The number of anilines is 1. The van der Waals surface area contributed by atoms with Crippen LogP contribution in [0, 0.1) is 6.92 Å². The van der Waals surface area contributed by atoms with E-state index in [4.69, 9.17) is 10.5 Å². The Kier molecular flexibility index (Phi) is 5.75. The van der Waals surface area contributed by atoms with Gasteiger partial charge in [0.2, 0.25) is 0 Å². The third-order valence-electron chi connectivity index (χ3n) is 5.45. The highest BCUT2D eigenvalue weighted by Crippen LogP contribution is 2.44. The van der Waals surface area contributed by atoms with Crippen molar-refractivity contribution in [3.05, 3.63) is 82.9 Å². The Bertz CT molecular complexity index is 1250. The normalized spacial score (nSPS) is 12.7. The monoisotopic (exact) mass is 456 g/mol. The number of nitrogen functional groups attached to an aromatic ring is 1. The second-order valence-electron chi connectivity index (χ2n) is 7.46. The van der Waals surface area contributed by atoms with Crippen molar-refractivity contribution in [3.63, 3.8) is 0 Å². The predicted octanol–water partition coefficient (Wildman–Crippen LogP) is 4.21. The zero-order chi connectivity index (χ0) is 22.9. The molecule has 0 unspecified atom stereocenters. The number of hydrogen-bond acceptors (Lipinski definition) is 6. The van der Waals surface area contributed by atoms with Crippen LogP contribution in [0.4, 0.5) is 14.4 Å². The summed E-state index contributed by atoms with van der Waals surface area (Å²) in [5.74, 6) is -0.311. The average molecular weight is 456 g/mol. The first kappa shape index (κ1) is 21.6. The van der Waals surface area contributed by atoms with Crippen LogP contribution in [0.1, 0.15) is 28.2 Å². The summed E-state index contributed by atoms with van der Waals surface area (Å²) < 4.78 is 44.3. The van der Waals surface area contributed by atoms with Crippen LogP contribution in [-0.2, 0) is 21.8 Å². The lowest BCUT2D eigenvalue weighted by Crippen LogP contribution is -2.26. The summed E-state index contributed by atoms with van der Waals surface area (Å²) in [6.07, 6.45) is -0.644. The van der Waals surface area contributed by atoms with Crippen LogP contribution in [0.15, 0.2) is 60.7 Å². The quantitative estimate of drug-likeness (QED) is 0.425. The summed E-state index contributed by atoms with van der Waals surface area (Å²) in [7, 11) is -5.20. The van der Waals surface area contributed by atoms with Gasteiger partial charge in [0.05, 0.1) is 0 Å². The van der Waals surface area contributed by atoms with Gasteiger partial charge < -0.3 is 20.0 Å². The highest BCUT2D eigenvalue weighted by molar-refractivity contribution is 7.81. The lowest BCUT2D eigenvalue weighted by atomic mass is 9.98. The molecule has 0 radical (unpaired) electrons. The van der Waals surface area contributed by atoms with Crippen molar-refractivity contribution in [2.45, 2.75) is 19.4 Å². The number of amides is 1. The third-order valence-corrected chi connectivity index (χ3v) is 5.82. The first-order valence-corrected chi connectivity index (χ1v) is 11.2. The summed E-state index contributed by atoms with van der Waals surface area (Å²) >= 11 is 0. The second-order valence-corrected chi connectivity index (χ2v) is 8.41. The lowest BCUT2D eigenvalue weighted by molar-refractivity contribution is 0.142. The molecule has 1 aliphatic rings. The highest BCUT2D eigenvalue weighted by Gasteiger charge is 2.29. The van der Waals surface area contributed by atoms with Crippen molar-refractivity contribution in [2.24, 2.45) is 0 Å². The maximum absolute atomic E-state index is 12.9. The van der Waals surface area contributed by atoms with Gasteiger partial charge in [0.15, 0.2) is 5.75 Å². The van der Waals surface area contributed by atoms with E-state index in [1.54, 1.807) is 0 Å². The molecule has 0 saturated heterocycles. The van der Waals surface area contributed by atoms with Gasteiger partial charge in [0, 0.05) is 24.2 Å². The van der Waals surface area contributed by atoms with Gasteiger partial charge in [-0.1, -0.05) is 52.4 Å². The second kappa shape index (κ2) is 8.51. The van der Waals surface area contributed by atoms with Crippen LogP contribution in [0.5, 0.6) is 5.75 Å². The molecule has 0 atom stereocenters. The Morgan fingerprint density at radius 1 is 1.06 bits per heavy atom. The molecule has 0 spiro atoms. The Balaban J connectivity index is 1.43. The minimum Gasteiger partial charge on any atom is -0.449 e. The number of alkyl carbamates (subject to hydrolysis) is 1. The molecule has 32 heavy (non-hydrogen) atoms. The van der Waals surface area contributed by atoms with Crippen LogP contribution in [0.3, 0.4) is 0 Å². The molecule has 0 heterocycles. The van der Waals surface area contributed by atoms with Gasteiger partial charge in [0.25, 0.3) is 0 Å². The number of fused-ring (bicyclic) bond motifs is 3. The molecule has 3 aromatic rings. The molecule has 1 amide bonds. The van der Waals surface area contributed by atoms with Gasteiger partial charge in [-0.15, -0.1) is 0 Å². The van der Waals surface area contributed by atoms with Gasteiger partial charge in [-0.2, -0.15) is 8.42 Å². The summed E-state index contributed by atoms with van der Waals surface area (Å²) in [6.45, 7) is 1.69. The van der Waals surface area contributed by atoms with Gasteiger partial charge >= 0.3 is 16.6 Å². The van der Waals surface area contributed by atoms with E-state index in [9.17, 15) is 17.1 Å². The van der Waals surface area contributed by atoms with Crippen molar-refractivity contribution >= 4 is 22.3 Å². The minimum absolute atomic E-state index is 0.00373. The number of rotatable bonds is 6. The van der Waals surface area contributed by atoms with Crippen LogP contribution < -0.4 is 15.2 Å². The van der Waals surface area contributed by atoms with Crippen molar-refractivity contribution in [1.82, 2.24) is 5.32 Å². The molecule has 9 heteroatoms. The van der Waals surface area contributed by atoms with Crippen molar-refractivity contribution in [3.8, 4) is 16.9 Å². The van der Waals surface area contributed by atoms with Crippen LogP contribution in [0.25, 0.3) is 11.1 Å². The van der Waals surface area contributed by atoms with E-state index < -0.39 is 16.6 Å². The standard InChI is InChI=1S/C23H21FN2O5S/c1-14-15(10-16(25)11-22(14)31-32(24,28)29)12-26-23(27)30-13-21-19-8-4-2-6-17(19)18-7-3-5-9-20(18)21/h2-11,21H,12-13,25H2,1H3,(H,26,27). The first-order valence-electron chi connectivity index (χ1n) is 9.85. The fraction of sp³-hybridized carbons (Fsp3) is 0.174. The summed E-state index contributed by atoms with van der Waals surface area (Å²) in [5.41, 5.74) is 11.2. The molecule has 4 rings (SSSR count). The van der Waals surface area contributed by atoms with E-state index in [2.05, 4.69) is 9.50 Å². The highest BCUT2D eigenvalue weighted by atomic mass is 32.3.